The Balaban J connectivity index is 2.49. The summed E-state index contributed by atoms with van der Waals surface area (Å²) in [6, 6.07) is 0. The molecule has 0 aliphatic heterocycles. The molecule has 0 bridgehead atoms. The van der Waals surface area contributed by atoms with Gasteiger partial charge in [0.2, 0.25) is 0 Å². The van der Waals surface area contributed by atoms with E-state index in [2.05, 4.69) is 6.92 Å². The number of rotatable bonds is 3. The molecule has 1 radical (unpaired) electrons. The van der Waals surface area contributed by atoms with E-state index in [0.29, 0.717) is 0 Å². The molecule has 0 nitrogen and oxygen atoms in total. The zero-order valence-corrected chi connectivity index (χ0v) is 4.28. The van der Waals surface area contributed by atoms with Gasteiger partial charge in [0.15, 0.2) is 0 Å². The van der Waals surface area contributed by atoms with Gasteiger partial charge in [-0.15, -0.1) is 0 Å². The van der Waals surface area contributed by atoms with Gasteiger partial charge in [-0.3, -0.25) is 0 Å². The van der Waals surface area contributed by atoms with Crippen LogP contribution in [0.25, 0.3) is 0 Å². The van der Waals surface area contributed by atoms with E-state index in [1.54, 1.807) is 5.97 Å². The molecule has 0 amide bonds. The van der Waals surface area contributed by atoms with E-state index in [0.717, 1.165) is 6.42 Å². The summed E-state index contributed by atoms with van der Waals surface area (Å²) in [4.78, 5) is 0. The number of unbranched alkanes of at least 4 members (excludes halogenated alkanes) is 2. The van der Waals surface area contributed by atoms with Crippen LogP contribution in [0.15, 0.2) is 0 Å². The average Bonchev–Trinajstić information content (AvgIpc) is 1.61. The van der Waals surface area contributed by atoms with Crippen molar-refractivity contribution in [2.45, 2.75) is 26.2 Å². The first-order valence-electron chi connectivity index (χ1n) is 2.45. The summed E-state index contributed by atoms with van der Waals surface area (Å²) >= 11 is 0. The van der Waals surface area contributed by atoms with Crippen molar-refractivity contribution in [2.24, 2.45) is 0 Å². The van der Waals surface area contributed by atoms with Crippen molar-refractivity contribution < 1.29 is 0 Å². The van der Waals surface area contributed by atoms with E-state index < -0.39 is 0 Å². The van der Waals surface area contributed by atoms with Gasteiger partial charge in [0.05, 0.1) is 0 Å². The van der Waals surface area contributed by atoms with Crippen molar-refractivity contribution in [3.63, 3.8) is 0 Å². The third-order valence-electron chi connectivity index (χ3n) is 0.724. The molecule has 0 aromatic rings. The van der Waals surface area contributed by atoms with E-state index in [9.17, 15) is 0 Å². The van der Waals surface area contributed by atoms with Crippen molar-refractivity contribution in [3.8, 4) is 0 Å². The summed E-state index contributed by atoms with van der Waals surface area (Å²) in [5, 5.41) is 0. The number of hydrogen-bond donors (Lipinski definition) is 0. The second-order valence-electron chi connectivity index (χ2n) is 1.38. The molecule has 0 aromatic carbocycles. The Hall–Kier alpha value is -0.0651. The number of hydrogen-bond acceptors (Lipinski definition) is 0. The summed E-state index contributed by atoms with van der Waals surface area (Å²) in [7, 11) is 5.09. The van der Waals surface area contributed by atoms with Crippen LogP contribution in [0, 0.1) is 0 Å². The van der Waals surface area contributed by atoms with Crippen LogP contribution in [0.3, 0.4) is 0 Å². The van der Waals surface area contributed by atoms with E-state index in [1.165, 1.54) is 12.8 Å². The first-order valence-corrected chi connectivity index (χ1v) is 2.45. The zero-order chi connectivity index (χ0) is 4.83. The molecule has 1 heteroatoms. The molecule has 0 unspecified atom stereocenters. The van der Waals surface area contributed by atoms with Gasteiger partial charge in [-0.25, -0.2) is 0 Å². The van der Waals surface area contributed by atoms with Crippen LogP contribution in [0.1, 0.15) is 26.2 Å². The van der Waals surface area contributed by atoms with Gasteiger partial charge in [-0.2, -0.15) is 0 Å². The van der Waals surface area contributed by atoms with Crippen molar-refractivity contribution >= 4 is 13.5 Å². The molecule has 0 rings (SSSR count). The summed E-state index contributed by atoms with van der Waals surface area (Å²) < 4.78 is 0. The Morgan fingerprint density at radius 3 is 2.50 bits per heavy atom. The van der Waals surface area contributed by atoms with Gasteiger partial charge < -0.3 is 0 Å². The molecule has 0 spiro atoms. The minimum atomic E-state index is 1.07. The first-order chi connectivity index (χ1) is 2.91. The molecule has 0 fully saturated rings. The predicted molar refractivity (Wildman–Crippen MR) is 31.3 cm³/mol. The normalized spacial score (nSPS) is 8.00. The molecular formula is C5H10B. The Morgan fingerprint density at radius 1 is 1.67 bits per heavy atom. The topological polar surface area (TPSA) is 0 Å². The molecule has 0 heterocycles. The Kier molecular flexibility index (Phi) is 4.88. The fraction of sp³-hybridized carbons (Fsp3) is 0.800. The molecular weight excluding hydrogens is 70.9 g/mol. The fourth-order valence-corrected chi connectivity index (χ4v) is 0.322. The van der Waals surface area contributed by atoms with Gasteiger partial charge in [0.1, 0.15) is 0 Å². The van der Waals surface area contributed by atoms with Crippen LogP contribution in [-0.4, -0.2) is 13.5 Å². The van der Waals surface area contributed by atoms with Gasteiger partial charge in [-0.05, 0) is 0 Å². The molecule has 6 heavy (non-hydrogen) atoms. The van der Waals surface area contributed by atoms with Gasteiger partial charge in [0.25, 0.3) is 0 Å². The molecule has 0 aliphatic rings. The molecule has 33 valence electrons. The first kappa shape index (κ1) is 5.93. The fourth-order valence-electron chi connectivity index (χ4n) is 0.322. The standard InChI is InChI=1S/C5H10B/c1-2-3-4-5-6/h5H,2-4H2,1H3. The molecule has 0 aliphatic carbocycles. The second-order valence-corrected chi connectivity index (χ2v) is 1.38. The Morgan fingerprint density at radius 2 is 2.33 bits per heavy atom. The molecule has 0 N–H and O–H groups in total. The summed E-state index contributed by atoms with van der Waals surface area (Å²) in [5.41, 5.74) is 0. The van der Waals surface area contributed by atoms with Gasteiger partial charge >= 0.3 is 39.6 Å². The minimum absolute atomic E-state index is 1.07. The van der Waals surface area contributed by atoms with Crippen LogP contribution in [0.5, 0.6) is 0 Å². The van der Waals surface area contributed by atoms with Crippen molar-refractivity contribution in [3.05, 3.63) is 0 Å². The Bertz CT molecular complexity index is 32.9. The van der Waals surface area contributed by atoms with Crippen LogP contribution < -0.4 is 0 Å². The molecule has 0 saturated carbocycles. The third-order valence-corrected chi connectivity index (χ3v) is 0.724. The maximum absolute atomic E-state index is 5.09. The monoisotopic (exact) mass is 81.1 g/mol. The van der Waals surface area contributed by atoms with E-state index in [1.807, 2.05) is 0 Å². The maximum atomic E-state index is 5.09. The van der Waals surface area contributed by atoms with Crippen LogP contribution >= 0.6 is 0 Å². The SMILES string of the molecule is [B]=CCCCC. The summed E-state index contributed by atoms with van der Waals surface area (Å²) in [6.07, 6.45) is 3.54. The van der Waals surface area contributed by atoms with E-state index >= 15 is 0 Å². The van der Waals surface area contributed by atoms with E-state index in [-0.39, 0.29) is 0 Å². The molecule has 0 saturated heterocycles. The summed E-state index contributed by atoms with van der Waals surface area (Å²) in [5.74, 6) is 1.71. The van der Waals surface area contributed by atoms with Crippen molar-refractivity contribution in [1.29, 1.82) is 0 Å². The van der Waals surface area contributed by atoms with Crippen LogP contribution in [0.4, 0.5) is 0 Å². The second kappa shape index (κ2) is 4.93. The molecule has 0 aromatic heterocycles. The quantitative estimate of drug-likeness (QED) is 0.353. The Labute approximate surface area is 40.6 Å². The van der Waals surface area contributed by atoms with E-state index in [4.69, 9.17) is 7.49 Å². The van der Waals surface area contributed by atoms with Gasteiger partial charge in [0, 0.05) is 0 Å². The average molecular weight is 80.9 g/mol. The van der Waals surface area contributed by atoms with Crippen LogP contribution in [0.2, 0.25) is 0 Å². The predicted octanol–water partition coefficient (Wildman–Crippen LogP) is 1.15. The molecule has 0 atom stereocenters. The zero-order valence-electron chi connectivity index (χ0n) is 4.28. The van der Waals surface area contributed by atoms with Crippen LogP contribution in [-0.2, 0) is 0 Å². The van der Waals surface area contributed by atoms with Crippen molar-refractivity contribution in [2.75, 3.05) is 0 Å². The summed E-state index contributed by atoms with van der Waals surface area (Å²) in [6.45, 7) is 2.16. The van der Waals surface area contributed by atoms with Gasteiger partial charge in [-0.1, -0.05) is 0 Å². The van der Waals surface area contributed by atoms with Crippen molar-refractivity contribution in [1.82, 2.24) is 0 Å². The third kappa shape index (κ3) is 3.93.